The number of thioether (sulfide) groups is 1. The van der Waals surface area contributed by atoms with Crippen molar-refractivity contribution in [1.29, 1.82) is 0 Å². The van der Waals surface area contributed by atoms with E-state index in [1.807, 2.05) is 0 Å². The fourth-order valence-corrected chi connectivity index (χ4v) is 2.27. The number of nitrogens with two attached hydrogens (primary N) is 1. The van der Waals surface area contributed by atoms with Crippen molar-refractivity contribution >= 4 is 29.3 Å². The van der Waals surface area contributed by atoms with Gasteiger partial charge >= 0.3 is 5.97 Å². The van der Waals surface area contributed by atoms with Gasteiger partial charge in [0.2, 0.25) is 5.16 Å². The van der Waals surface area contributed by atoms with Gasteiger partial charge in [0.1, 0.15) is 5.75 Å². The largest absolute Gasteiger partial charge is 0.496 e. The van der Waals surface area contributed by atoms with Crippen LogP contribution in [0, 0.1) is 0 Å². The number of carboxylic acid groups (broad SMARTS) is 1. The lowest BCUT2D eigenvalue weighted by Gasteiger charge is -2.08. The molecule has 2 aromatic rings. The molecule has 0 fully saturated rings. The number of nitrogens with zero attached hydrogens (tertiary/aromatic N) is 3. The molecule has 2 rings (SSSR count). The van der Waals surface area contributed by atoms with Crippen LogP contribution in [0.1, 0.15) is 0 Å². The maximum atomic E-state index is 10.5. The van der Waals surface area contributed by atoms with Crippen molar-refractivity contribution in [3.8, 4) is 17.1 Å². The Morgan fingerprint density at radius 3 is 2.95 bits per heavy atom. The average molecular weight is 315 g/mol. The van der Waals surface area contributed by atoms with Gasteiger partial charge in [-0.2, -0.15) is 0 Å². The number of carbonyl (C=O) groups is 1. The second-order valence-electron chi connectivity index (χ2n) is 3.70. The first-order chi connectivity index (χ1) is 9.52. The van der Waals surface area contributed by atoms with E-state index in [0.29, 0.717) is 27.3 Å². The summed E-state index contributed by atoms with van der Waals surface area (Å²) in [5.74, 6) is 5.64. The van der Waals surface area contributed by atoms with E-state index >= 15 is 0 Å². The molecule has 1 aromatic heterocycles. The van der Waals surface area contributed by atoms with Crippen molar-refractivity contribution in [2.75, 3.05) is 18.7 Å². The highest BCUT2D eigenvalue weighted by Crippen LogP contribution is 2.31. The molecule has 3 N–H and O–H groups in total. The summed E-state index contributed by atoms with van der Waals surface area (Å²) in [6.45, 7) is 0. The molecule has 0 unspecified atom stereocenters. The van der Waals surface area contributed by atoms with Crippen molar-refractivity contribution in [2.45, 2.75) is 5.16 Å². The van der Waals surface area contributed by atoms with Gasteiger partial charge in [-0.1, -0.05) is 23.4 Å². The van der Waals surface area contributed by atoms with Gasteiger partial charge in [0.05, 0.1) is 18.4 Å². The van der Waals surface area contributed by atoms with Crippen LogP contribution < -0.4 is 10.6 Å². The van der Waals surface area contributed by atoms with Crippen LogP contribution >= 0.6 is 23.4 Å². The standard InChI is InChI=1S/C11H11ClN4O3S/c1-19-8-4-6(12)2-3-7(8)10-14-15-11(16(10)13)20-5-9(17)18/h2-4H,5,13H2,1H3,(H,17,18). The number of aliphatic carboxylic acids is 1. The van der Waals surface area contributed by atoms with Crippen molar-refractivity contribution in [3.63, 3.8) is 0 Å². The SMILES string of the molecule is COc1cc(Cl)ccc1-c1nnc(SCC(=O)O)n1N. The van der Waals surface area contributed by atoms with E-state index in [-0.39, 0.29) is 5.75 Å². The van der Waals surface area contributed by atoms with E-state index < -0.39 is 5.97 Å². The van der Waals surface area contributed by atoms with E-state index in [0.717, 1.165) is 11.8 Å². The molecule has 7 nitrogen and oxygen atoms in total. The third kappa shape index (κ3) is 2.97. The first kappa shape index (κ1) is 14.5. The Morgan fingerprint density at radius 1 is 1.55 bits per heavy atom. The first-order valence-electron chi connectivity index (χ1n) is 5.42. The number of halogens is 1. The van der Waals surface area contributed by atoms with Crippen molar-refractivity contribution in [3.05, 3.63) is 23.2 Å². The van der Waals surface area contributed by atoms with Crippen molar-refractivity contribution in [2.24, 2.45) is 0 Å². The molecule has 9 heteroatoms. The molecule has 0 atom stereocenters. The number of methoxy groups -OCH3 is 1. The molecule has 106 valence electrons. The number of hydrogen-bond donors (Lipinski definition) is 2. The molecular weight excluding hydrogens is 304 g/mol. The Labute approximate surface area is 123 Å². The van der Waals surface area contributed by atoms with E-state index in [4.69, 9.17) is 27.3 Å². The number of carboxylic acids is 1. The quantitative estimate of drug-likeness (QED) is 0.636. The van der Waals surface area contributed by atoms with Crippen LogP contribution in [0.4, 0.5) is 0 Å². The third-order valence-electron chi connectivity index (χ3n) is 2.39. The normalized spacial score (nSPS) is 10.5. The smallest absolute Gasteiger partial charge is 0.313 e. The topological polar surface area (TPSA) is 103 Å². The molecule has 0 saturated carbocycles. The van der Waals surface area contributed by atoms with E-state index in [1.54, 1.807) is 18.2 Å². The predicted octanol–water partition coefficient (Wildman–Crippen LogP) is 1.50. The summed E-state index contributed by atoms with van der Waals surface area (Å²) < 4.78 is 6.44. The van der Waals surface area contributed by atoms with Gasteiger partial charge in [-0.05, 0) is 18.2 Å². The van der Waals surface area contributed by atoms with Gasteiger partial charge in [0.25, 0.3) is 0 Å². The minimum Gasteiger partial charge on any atom is -0.496 e. The minimum absolute atomic E-state index is 0.146. The summed E-state index contributed by atoms with van der Waals surface area (Å²) in [7, 11) is 1.51. The number of rotatable bonds is 5. The van der Waals surface area contributed by atoms with Gasteiger partial charge < -0.3 is 15.7 Å². The lowest BCUT2D eigenvalue weighted by molar-refractivity contribution is -0.133. The maximum Gasteiger partial charge on any atom is 0.313 e. The maximum absolute atomic E-state index is 10.5. The highest BCUT2D eigenvalue weighted by molar-refractivity contribution is 7.99. The van der Waals surface area contributed by atoms with Crippen LogP contribution in [-0.4, -0.2) is 38.8 Å². The number of benzene rings is 1. The highest BCUT2D eigenvalue weighted by atomic mass is 35.5. The van der Waals surface area contributed by atoms with Gasteiger partial charge in [-0.15, -0.1) is 10.2 Å². The fraction of sp³-hybridized carbons (Fsp3) is 0.182. The number of aromatic nitrogens is 3. The zero-order chi connectivity index (χ0) is 14.7. The first-order valence-corrected chi connectivity index (χ1v) is 6.78. The summed E-state index contributed by atoms with van der Waals surface area (Å²) in [6, 6.07) is 5.02. The highest BCUT2D eigenvalue weighted by Gasteiger charge is 2.17. The number of hydrogen-bond acceptors (Lipinski definition) is 6. The fourth-order valence-electron chi connectivity index (χ4n) is 1.54. The van der Waals surface area contributed by atoms with Crippen LogP contribution in [0.25, 0.3) is 11.4 Å². The van der Waals surface area contributed by atoms with Gasteiger partial charge in [0, 0.05) is 5.02 Å². The Kier molecular flexibility index (Phi) is 4.35. The van der Waals surface area contributed by atoms with E-state index in [1.165, 1.54) is 11.8 Å². The van der Waals surface area contributed by atoms with Gasteiger partial charge in [0.15, 0.2) is 5.82 Å². The van der Waals surface area contributed by atoms with Crippen molar-refractivity contribution in [1.82, 2.24) is 14.9 Å². The Morgan fingerprint density at radius 2 is 2.30 bits per heavy atom. The summed E-state index contributed by atoms with van der Waals surface area (Å²) in [6.07, 6.45) is 0. The molecule has 1 heterocycles. The molecule has 0 amide bonds. The van der Waals surface area contributed by atoms with E-state index in [9.17, 15) is 4.79 Å². The number of nitrogen functional groups attached to an aromatic ring is 1. The third-order valence-corrected chi connectivity index (χ3v) is 3.56. The summed E-state index contributed by atoms with van der Waals surface area (Å²) in [5.41, 5.74) is 0.620. The second-order valence-corrected chi connectivity index (χ2v) is 5.08. The molecule has 0 aliphatic heterocycles. The molecule has 20 heavy (non-hydrogen) atoms. The molecule has 0 radical (unpaired) electrons. The summed E-state index contributed by atoms with van der Waals surface area (Å²) in [5, 5.41) is 17.3. The van der Waals surface area contributed by atoms with Crippen LogP contribution in [0.15, 0.2) is 23.4 Å². The molecule has 0 bridgehead atoms. The Balaban J connectivity index is 2.36. The van der Waals surface area contributed by atoms with Gasteiger partial charge in [-0.25, -0.2) is 4.68 Å². The summed E-state index contributed by atoms with van der Waals surface area (Å²) in [4.78, 5) is 10.5. The second kappa shape index (κ2) is 6.02. The Bertz CT molecular complexity index is 647. The van der Waals surface area contributed by atoms with E-state index in [2.05, 4.69) is 10.2 Å². The van der Waals surface area contributed by atoms with Crippen LogP contribution in [0.3, 0.4) is 0 Å². The lowest BCUT2D eigenvalue weighted by atomic mass is 10.2. The summed E-state index contributed by atoms with van der Waals surface area (Å²) >= 11 is 6.87. The lowest BCUT2D eigenvalue weighted by Crippen LogP contribution is -2.12. The molecule has 0 saturated heterocycles. The minimum atomic E-state index is -0.955. The molecule has 0 aliphatic rings. The van der Waals surface area contributed by atoms with Crippen molar-refractivity contribution < 1.29 is 14.6 Å². The van der Waals surface area contributed by atoms with Crippen LogP contribution in [0.2, 0.25) is 5.02 Å². The predicted molar refractivity (Wildman–Crippen MR) is 75.5 cm³/mol. The molecule has 0 aliphatic carbocycles. The zero-order valence-corrected chi connectivity index (χ0v) is 12.0. The average Bonchev–Trinajstić information content (AvgIpc) is 2.77. The zero-order valence-electron chi connectivity index (χ0n) is 10.4. The molecule has 0 spiro atoms. The van der Waals surface area contributed by atoms with Gasteiger partial charge in [-0.3, -0.25) is 4.79 Å². The Hall–Kier alpha value is -1.93. The molecular formula is C11H11ClN4O3S. The van der Waals surface area contributed by atoms with Crippen LogP contribution in [0.5, 0.6) is 5.75 Å². The molecule has 1 aromatic carbocycles. The van der Waals surface area contributed by atoms with Crippen LogP contribution in [-0.2, 0) is 4.79 Å². The monoisotopic (exact) mass is 314 g/mol. The number of ether oxygens (including phenoxy) is 1.